The predicted molar refractivity (Wildman–Crippen MR) is 34.9 cm³/mol. The molecule has 0 aliphatic carbocycles. The van der Waals surface area contributed by atoms with Crippen LogP contribution < -0.4 is 0 Å². The summed E-state index contributed by atoms with van der Waals surface area (Å²) in [7, 11) is 0. The summed E-state index contributed by atoms with van der Waals surface area (Å²) in [4.78, 5) is 0. The maximum atomic E-state index is 2.41. The van der Waals surface area contributed by atoms with Crippen molar-refractivity contribution in [2.45, 2.75) is 19.6 Å². The van der Waals surface area contributed by atoms with Crippen molar-refractivity contribution in [2.24, 2.45) is 0 Å². The number of hydrogen-bond acceptors (Lipinski definition) is 0. The van der Waals surface area contributed by atoms with Gasteiger partial charge in [-0.2, -0.15) is 0 Å². The summed E-state index contributed by atoms with van der Waals surface area (Å²) in [6.07, 6.45) is 0. The van der Waals surface area contributed by atoms with Gasteiger partial charge in [-0.1, -0.05) is 0 Å². The third-order valence-electron chi connectivity index (χ3n) is 0.612. The van der Waals surface area contributed by atoms with Crippen LogP contribution in [0.25, 0.3) is 0 Å². The second kappa shape index (κ2) is 2.59. The summed E-state index contributed by atoms with van der Waals surface area (Å²) in [6, 6.07) is 0. The number of rotatable bonds is 1. The second-order valence-electron chi connectivity index (χ2n) is 2.32. The molecule has 0 N–H and O–H groups in total. The first-order valence-corrected chi connectivity index (χ1v) is 9.80. The molecule has 0 heterocycles. The quantitative estimate of drug-likeness (QED) is 0.492. The third-order valence-corrected chi connectivity index (χ3v) is 9.55. The summed E-state index contributed by atoms with van der Waals surface area (Å²) in [5, 5.41) is 0. The molecular formula is C3H9LiSeSi. The molecule has 0 spiro atoms. The molecule has 0 nitrogen and oxygen atoms in total. The van der Waals surface area contributed by atoms with E-state index in [0.29, 0.717) is 0 Å². The summed E-state index contributed by atoms with van der Waals surface area (Å²) in [6.45, 7) is 6.66. The Morgan fingerprint density at radius 1 is 1.33 bits per heavy atom. The molecule has 0 radical (unpaired) electrons. The van der Waals surface area contributed by atoms with Crippen molar-refractivity contribution in [3.63, 3.8) is 0 Å². The van der Waals surface area contributed by atoms with Crippen LogP contribution >= 0.6 is 0 Å². The molecule has 0 unspecified atom stereocenters. The Hall–Kier alpha value is 1.33. The zero-order valence-electron chi connectivity index (χ0n) is 4.91. The molecule has 0 amide bonds. The van der Waals surface area contributed by atoms with E-state index in [-0.39, 0.29) is 0 Å². The van der Waals surface area contributed by atoms with Crippen LogP contribution in [0.15, 0.2) is 0 Å². The fraction of sp³-hybridized carbons (Fsp3) is 1.00. The minimum absolute atomic E-state index is 0.569. The van der Waals surface area contributed by atoms with E-state index in [1.54, 1.807) is 0 Å². The summed E-state index contributed by atoms with van der Waals surface area (Å²) in [5.74, 6) is 0. The molecule has 6 heavy (non-hydrogen) atoms. The summed E-state index contributed by atoms with van der Waals surface area (Å²) in [5.41, 5.74) is 0. The van der Waals surface area contributed by atoms with Gasteiger partial charge in [0.1, 0.15) is 0 Å². The zero-order valence-corrected chi connectivity index (χ0v) is 7.62. The monoisotopic (exact) mass is 160 g/mol. The second-order valence-corrected chi connectivity index (χ2v) is 17.2. The SMILES string of the molecule is [Li][Se][Si](C)(C)C. The first-order valence-electron chi connectivity index (χ1n) is 2.11. The van der Waals surface area contributed by atoms with Gasteiger partial charge in [-0.25, -0.2) is 0 Å². The molecule has 3 heteroatoms. The normalized spacial score (nSPS) is 12.2. The standard InChI is InChI=1S/C3H9SeSi.Li/c1-5(2,3)4;/h1-3H3;/q-1;+1. The molecule has 0 saturated carbocycles. The van der Waals surface area contributed by atoms with Crippen molar-refractivity contribution in [1.29, 1.82) is 0 Å². The van der Waals surface area contributed by atoms with E-state index in [1.807, 2.05) is 0 Å². The van der Waals surface area contributed by atoms with Crippen LogP contribution in [-0.2, 0) is 0 Å². The molecule has 0 fully saturated rings. The van der Waals surface area contributed by atoms with E-state index >= 15 is 0 Å². The number of hydrogen-bond donors (Lipinski definition) is 0. The molecule has 0 rings (SSSR count). The Kier molecular flexibility index (Phi) is 3.17. The van der Waals surface area contributed by atoms with Gasteiger partial charge in [0.25, 0.3) is 0 Å². The van der Waals surface area contributed by atoms with Crippen molar-refractivity contribution in [2.75, 3.05) is 0 Å². The van der Waals surface area contributed by atoms with Crippen molar-refractivity contribution in [3.8, 4) is 0 Å². The molecule has 0 aliphatic rings. The maximum absolute atomic E-state index is 2.41. The van der Waals surface area contributed by atoms with E-state index in [2.05, 4.69) is 35.4 Å². The van der Waals surface area contributed by atoms with Crippen molar-refractivity contribution in [3.05, 3.63) is 0 Å². The van der Waals surface area contributed by atoms with E-state index in [9.17, 15) is 0 Å². The molecule has 32 valence electrons. The van der Waals surface area contributed by atoms with Crippen LogP contribution in [0.5, 0.6) is 0 Å². The van der Waals surface area contributed by atoms with Crippen molar-refractivity contribution >= 4 is 34.6 Å². The Labute approximate surface area is 54.2 Å². The Balaban J connectivity index is 3.17. The van der Waals surface area contributed by atoms with Crippen LogP contribution in [0.1, 0.15) is 0 Å². The Morgan fingerprint density at radius 3 is 1.50 bits per heavy atom. The first kappa shape index (κ1) is 7.33. The van der Waals surface area contributed by atoms with Crippen LogP contribution in [-0.4, -0.2) is 34.6 Å². The first-order chi connectivity index (χ1) is 2.56. The van der Waals surface area contributed by atoms with E-state index in [0.717, 1.165) is 12.1 Å². The molecule has 0 atom stereocenters. The van der Waals surface area contributed by atoms with Gasteiger partial charge < -0.3 is 0 Å². The van der Waals surface area contributed by atoms with Crippen molar-refractivity contribution in [1.82, 2.24) is 0 Å². The summed E-state index contributed by atoms with van der Waals surface area (Å²) < 4.78 is 0. The molecule has 0 aromatic rings. The third kappa shape index (κ3) is 5.33. The predicted octanol–water partition coefficient (Wildman–Crippen LogP) is 0.609. The van der Waals surface area contributed by atoms with Gasteiger partial charge in [0.05, 0.1) is 0 Å². The van der Waals surface area contributed by atoms with Crippen LogP contribution in [0.3, 0.4) is 0 Å². The Bertz CT molecular complexity index is 40.5. The average molecular weight is 159 g/mol. The Morgan fingerprint density at radius 2 is 1.50 bits per heavy atom. The van der Waals surface area contributed by atoms with Gasteiger partial charge in [-0.05, 0) is 0 Å². The summed E-state index contributed by atoms with van der Waals surface area (Å²) >= 11 is 3.28. The van der Waals surface area contributed by atoms with Crippen LogP contribution in [0, 0.1) is 0 Å². The molecule has 0 bridgehead atoms. The zero-order chi connectivity index (χ0) is 5.21. The van der Waals surface area contributed by atoms with Gasteiger partial charge >= 0.3 is 54.2 Å². The van der Waals surface area contributed by atoms with Gasteiger partial charge in [-0.15, -0.1) is 0 Å². The van der Waals surface area contributed by atoms with Gasteiger partial charge in [0.2, 0.25) is 0 Å². The molecule has 0 saturated heterocycles. The van der Waals surface area contributed by atoms with Gasteiger partial charge in [0.15, 0.2) is 0 Å². The van der Waals surface area contributed by atoms with Crippen LogP contribution in [0.2, 0.25) is 19.6 Å². The van der Waals surface area contributed by atoms with E-state index < -0.39 is 6.68 Å². The fourth-order valence-electron chi connectivity index (χ4n) is 0. The molecular weight excluding hydrogens is 150 g/mol. The average Bonchev–Trinajstić information content (AvgIpc) is 1.35. The van der Waals surface area contributed by atoms with E-state index in [1.165, 1.54) is 0 Å². The van der Waals surface area contributed by atoms with Crippen LogP contribution in [0.4, 0.5) is 0 Å². The minimum atomic E-state index is -0.569. The molecule has 0 aromatic carbocycles. The van der Waals surface area contributed by atoms with Gasteiger partial charge in [0, 0.05) is 0 Å². The van der Waals surface area contributed by atoms with Crippen molar-refractivity contribution < 1.29 is 0 Å². The van der Waals surface area contributed by atoms with Gasteiger partial charge in [-0.3, -0.25) is 0 Å². The fourth-order valence-corrected chi connectivity index (χ4v) is 0. The molecule has 0 aliphatic heterocycles. The topological polar surface area (TPSA) is 0 Å². The van der Waals surface area contributed by atoms with E-state index in [4.69, 9.17) is 0 Å². The molecule has 0 aromatic heterocycles.